The summed E-state index contributed by atoms with van der Waals surface area (Å²) in [6.45, 7) is 4.47. The summed E-state index contributed by atoms with van der Waals surface area (Å²) in [7, 11) is 0. The molecule has 0 fully saturated rings. The first-order chi connectivity index (χ1) is 7.27. The largest absolute Gasteiger partial charge is 0.508 e. The first-order valence-corrected chi connectivity index (χ1v) is 6.06. The van der Waals surface area contributed by atoms with Crippen molar-refractivity contribution in [3.8, 4) is 5.75 Å². The smallest absolute Gasteiger partial charge is 0.115 e. The van der Waals surface area contributed by atoms with Crippen LogP contribution in [0.1, 0.15) is 57.4 Å². The number of phenolic OH excluding ortho intramolecular Hbond substituents is 1. The molecule has 0 aliphatic rings. The lowest BCUT2D eigenvalue weighted by Crippen LogP contribution is -1.98. The van der Waals surface area contributed by atoms with Crippen LogP contribution >= 0.6 is 0 Å². The van der Waals surface area contributed by atoms with Gasteiger partial charge in [0.25, 0.3) is 0 Å². The second kappa shape index (κ2) is 6.49. The summed E-state index contributed by atoms with van der Waals surface area (Å²) in [6.07, 6.45) is 6.32. The van der Waals surface area contributed by atoms with Crippen LogP contribution in [0.25, 0.3) is 0 Å². The summed E-state index contributed by atoms with van der Waals surface area (Å²) < 4.78 is 0. The quantitative estimate of drug-likeness (QED) is 0.728. The molecule has 1 rings (SSSR count). The summed E-state index contributed by atoms with van der Waals surface area (Å²) in [4.78, 5) is 0. The highest BCUT2D eigenvalue weighted by atomic mass is 16.3. The second-order valence-electron chi connectivity index (χ2n) is 4.22. The monoisotopic (exact) mass is 206 g/mol. The number of aromatic hydroxyl groups is 1. The average molecular weight is 206 g/mol. The van der Waals surface area contributed by atoms with Gasteiger partial charge in [-0.15, -0.1) is 0 Å². The van der Waals surface area contributed by atoms with Crippen LogP contribution in [0.2, 0.25) is 0 Å². The van der Waals surface area contributed by atoms with Crippen molar-refractivity contribution < 1.29 is 5.11 Å². The zero-order chi connectivity index (χ0) is 11.1. The summed E-state index contributed by atoms with van der Waals surface area (Å²) in [5.74, 6) is 1.04. The molecule has 0 aliphatic carbocycles. The normalized spacial score (nSPS) is 12.7. The standard InChI is InChI=1S/C14H22O/c1-3-5-7-12(6-4-2)13-8-10-14(15)11-9-13/h8-12,15H,3-7H2,1-2H3. The van der Waals surface area contributed by atoms with Crippen molar-refractivity contribution in [2.24, 2.45) is 0 Å². The zero-order valence-electron chi connectivity index (χ0n) is 9.87. The molecule has 0 bridgehead atoms. The van der Waals surface area contributed by atoms with Crippen molar-refractivity contribution in [2.45, 2.75) is 51.9 Å². The van der Waals surface area contributed by atoms with Gasteiger partial charge in [0.15, 0.2) is 0 Å². The molecule has 0 spiro atoms. The van der Waals surface area contributed by atoms with E-state index >= 15 is 0 Å². The Kier molecular flexibility index (Phi) is 5.23. The van der Waals surface area contributed by atoms with Gasteiger partial charge in [-0.2, -0.15) is 0 Å². The van der Waals surface area contributed by atoms with Gasteiger partial charge in [-0.05, 0) is 36.5 Å². The molecule has 1 unspecified atom stereocenters. The number of unbranched alkanes of at least 4 members (excludes halogenated alkanes) is 1. The summed E-state index contributed by atoms with van der Waals surface area (Å²) >= 11 is 0. The van der Waals surface area contributed by atoms with Gasteiger partial charge < -0.3 is 5.11 Å². The SMILES string of the molecule is CCCCC(CCC)c1ccc(O)cc1. The number of rotatable bonds is 6. The van der Waals surface area contributed by atoms with Crippen molar-refractivity contribution in [3.05, 3.63) is 29.8 Å². The molecule has 84 valence electrons. The topological polar surface area (TPSA) is 20.2 Å². The molecule has 0 aromatic heterocycles. The number of phenols is 1. The van der Waals surface area contributed by atoms with E-state index < -0.39 is 0 Å². The minimum Gasteiger partial charge on any atom is -0.508 e. The maximum Gasteiger partial charge on any atom is 0.115 e. The highest BCUT2D eigenvalue weighted by Crippen LogP contribution is 2.27. The highest BCUT2D eigenvalue weighted by Gasteiger charge is 2.09. The molecule has 0 radical (unpaired) electrons. The first-order valence-electron chi connectivity index (χ1n) is 6.06. The molecule has 0 saturated heterocycles. The summed E-state index contributed by atoms with van der Waals surface area (Å²) in [5, 5.41) is 9.24. The van der Waals surface area contributed by atoms with E-state index in [9.17, 15) is 5.11 Å². The molecule has 0 amide bonds. The Labute approximate surface area is 93.1 Å². The van der Waals surface area contributed by atoms with Crippen LogP contribution in [-0.2, 0) is 0 Å². The lowest BCUT2D eigenvalue weighted by atomic mass is 9.90. The maximum absolute atomic E-state index is 9.24. The molecule has 1 nitrogen and oxygen atoms in total. The van der Waals surface area contributed by atoms with Crippen LogP contribution in [0, 0.1) is 0 Å². The first kappa shape index (κ1) is 12.1. The number of hydrogen-bond acceptors (Lipinski definition) is 1. The molecule has 0 aliphatic heterocycles. The molecule has 0 saturated carbocycles. The van der Waals surface area contributed by atoms with Gasteiger partial charge in [0.2, 0.25) is 0 Å². The van der Waals surface area contributed by atoms with Gasteiger partial charge in [0, 0.05) is 0 Å². The molecule has 1 aromatic carbocycles. The van der Waals surface area contributed by atoms with Crippen LogP contribution in [0.3, 0.4) is 0 Å². The third kappa shape index (κ3) is 3.94. The third-order valence-electron chi connectivity index (χ3n) is 2.91. The lowest BCUT2D eigenvalue weighted by Gasteiger charge is -2.16. The van der Waals surface area contributed by atoms with Gasteiger partial charge in [0.05, 0.1) is 0 Å². The van der Waals surface area contributed by atoms with E-state index in [0.29, 0.717) is 11.7 Å². The van der Waals surface area contributed by atoms with E-state index in [0.717, 1.165) is 0 Å². The number of benzene rings is 1. The fourth-order valence-corrected chi connectivity index (χ4v) is 2.02. The summed E-state index contributed by atoms with van der Waals surface area (Å²) in [6, 6.07) is 7.71. The zero-order valence-corrected chi connectivity index (χ0v) is 9.87. The molecular formula is C14H22O. The van der Waals surface area contributed by atoms with Crippen molar-refractivity contribution in [1.82, 2.24) is 0 Å². The fourth-order valence-electron chi connectivity index (χ4n) is 2.02. The molecule has 15 heavy (non-hydrogen) atoms. The van der Waals surface area contributed by atoms with E-state index in [2.05, 4.69) is 26.0 Å². The maximum atomic E-state index is 9.24. The Bertz CT molecular complexity index is 263. The predicted octanol–water partition coefficient (Wildman–Crippen LogP) is 4.47. The third-order valence-corrected chi connectivity index (χ3v) is 2.91. The lowest BCUT2D eigenvalue weighted by molar-refractivity contribution is 0.474. The van der Waals surface area contributed by atoms with Crippen LogP contribution in [0.4, 0.5) is 0 Å². The Balaban J connectivity index is 2.65. The molecule has 1 atom stereocenters. The second-order valence-corrected chi connectivity index (χ2v) is 4.22. The molecule has 1 aromatic rings. The van der Waals surface area contributed by atoms with Gasteiger partial charge >= 0.3 is 0 Å². The van der Waals surface area contributed by atoms with Gasteiger partial charge in [0.1, 0.15) is 5.75 Å². The minimum absolute atomic E-state index is 0.365. The molecule has 1 heteroatoms. The van der Waals surface area contributed by atoms with E-state index in [1.165, 1.54) is 37.7 Å². The van der Waals surface area contributed by atoms with Crippen LogP contribution in [-0.4, -0.2) is 5.11 Å². The van der Waals surface area contributed by atoms with E-state index in [1.54, 1.807) is 12.1 Å². The molecule has 0 heterocycles. The Morgan fingerprint density at radius 3 is 2.20 bits per heavy atom. The van der Waals surface area contributed by atoms with Crippen LogP contribution < -0.4 is 0 Å². The van der Waals surface area contributed by atoms with Crippen molar-refractivity contribution in [2.75, 3.05) is 0 Å². The highest BCUT2D eigenvalue weighted by molar-refractivity contribution is 5.28. The van der Waals surface area contributed by atoms with E-state index in [-0.39, 0.29) is 0 Å². The Morgan fingerprint density at radius 2 is 1.67 bits per heavy atom. The van der Waals surface area contributed by atoms with Gasteiger partial charge in [-0.25, -0.2) is 0 Å². The molecular weight excluding hydrogens is 184 g/mol. The predicted molar refractivity (Wildman–Crippen MR) is 65.3 cm³/mol. The average Bonchev–Trinajstić information content (AvgIpc) is 2.25. The van der Waals surface area contributed by atoms with Crippen LogP contribution in [0.15, 0.2) is 24.3 Å². The fraction of sp³-hybridized carbons (Fsp3) is 0.571. The summed E-state index contributed by atoms with van der Waals surface area (Å²) in [5.41, 5.74) is 1.38. The van der Waals surface area contributed by atoms with Crippen LogP contribution in [0.5, 0.6) is 5.75 Å². The van der Waals surface area contributed by atoms with Gasteiger partial charge in [-0.1, -0.05) is 45.2 Å². The minimum atomic E-state index is 0.365. The Hall–Kier alpha value is -0.980. The van der Waals surface area contributed by atoms with Crippen molar-refractivity contribution in [1.29, 1.82) is 0 Å². The van der Waals surface area contributed by atoms with Crippen molar-refractivity contribution in [3.63, 3.8) is 0 Å². The number of hydrogen-bond donors (Lipinski definition) is 1. The molecule has 1 N–H and O–H groups in total. The Morgan fingerprint density at radius 1 is 1.00 bits per heavy atom. The van der Waals surface area contributed by atoms with Gasteiger partial charge in [-0.3, -0.25) is 0 Å². The van der Waals surface area contributed by atoms with Crippen molar-refractivity contribution >= 4 is 0 Å². The van der Waals surface area contributed by atoms with E-state index in [4.69, 9.17) is 0 Å². The van der Waals surface area contributed by atoms with E-state index in [1.807, 2.05) is 0 Å².